The third-order valence-electron chi connectivity index (χ3n) is 24.3. The summed E-state index contributed by atoms with van der Waals surface area (Å²) in [5.74, 6) is 0.440. The van der Waals surface area contributed by atoms with E-state index in [1.165, 1.54) is 170 Å². The molecule has 4 aliphatic rings. The van der Waals surface area contributed by atoms with Crippen LogP contribution in [0.4, 0.5) is 34.1 Å². The molecule has 0 amide bonds. The Hall–Kier alpha value is -12.9. The lowest BCUT2D eigenvalue weighted by Crippen LogP contribution is -2.26. The Balaban J connectivity index is 0.724. The van der Waals surface area contributed by atoms with Gasteiger partial charge in [-0.1, -0.05) is 294 Å². The number of anilines is 6. The molecule has 0 heterocycles. The van der Waals surface area contributed by atoms with Crippen molar-refractivity contribution in [3.8, 4) is 55.6 Å². The Kier molecular flexibility index (Phi) is 12.8. The first-order chi connectivity index (χ1) is 51.9. The average Bonchev–Trinajstić information content (AvgIpc) is 1.50. The van der Waals surface area contributed by atoms with Crippen LogP contribution in [0.5, 0.6) is 0 Å². The highest BCUT2D eigenvalue weighted by molar-refractivity contribution is 6.24. The van der Waals surface area contributed by atoms with Gasteiger partial charge in [0.1, 0.15) is 0 Å². The third-order valence-corrected chi connectivity index (χ3v) is 24.3. The second kappa shape index (κ2) is 22.6. The van der Waals surface area contributed by atoms with Crippen LogP contribution in [0.2, 0.25) is 0 Å². The summed E-state index contributed by atoms with van der Waals surface area (Å²) < 4.78 is 0. The van der Waals surface area contributed by atoms with Crippen LogP contribution in [0, 0.1) is 0 Å². The van der Waals surface area contributed by atoms with Crippen molar-refractivity contribution >= 4 is 98.8 Å². The highest BCUT2D eigenvalue weighted by Crippen LogP contribution is 2.69. The van der Waals surface area contributed by atoms with E-state index in [0.717, 1.165) is 46.1 Å². The van der Waals surface area contributed by atoms with Gasteiger partial charge < -0.3 is 9.80 Å². The van der Waals surface area contributed by atoms with Crippen molar-refractivity contribution < 1.29 is 0 Å². The molecule has 0 fully saturated rings. The van der Waals surface area contributed by atoms with Gasteiger partial charge in [0.15, 0.2) is 0 Å². The molecule has 2 spiro atoms. The molecule has 105 heavy (non-hydrogen) atoms. The summed E-state index contributed by atoms with van der Waals surface area (Å²) in [5.41, 5.74) is 31.7. The summed E-state index contributed by atoms with van der Waals surface area (Å²) in [7, 11) is 0. The van der Waals surface area contributed by atoms with Crippen LogP contribution in [0.1, 0.15) is 82.3 Å². The molecule has 0 atom stereocenters. The standard InChI is InChI=1S/C103H70N2/c1-4-64-41-48-71(49-42-64)105(75-53-58-77-69(61-75)47-55-89-96-85-34-11-8-27-78(85)79-28-10-13-36-87(79)100(96)102(98(77)89)92-37-18-14-30-81(92)82-31-15-19-38-93(82)102)73-26-22-23-66(59-73)67-45-54-88-91(62-67)80-29-9-12-35-86(80)97-90-56-46-68-60-74(104(70-24-6-5-7-25-70)72-50-43-65(44-51-72)63(2)3)52-57-76(68)99(90)103(101(88)97)94-39-20-16-32-83(94)84-33-17-21-40-95(84)103/h5-63H,4H2,1-3H3. The van der Waals surface area contributed by atoms with Crippen LogP contribution >= 0.6 is 0 Å². The van der Waals surface area contributed by atoms with Crippen molar-refractivity contribution in [1.82, 2.24) is 0 Å². The molecule has 18 aromatic carbocycles. The molecule has 0 saturated heterocycles. The Morgan fingerprint density at radius 2 is 0.619 bits per heavy atom. The predicted octanol–water partition coefficient (Wildman–Crippen LogP) is 27.6. The largest absolute Gasteiger partial charge is 0.310 e. The van der Waals surface area contributed by atoms with Crippen LogP contribution in [0.25, 0.3) is 120 Å². The molecule has 492 valence electrons. The molecule has 2 heteroatoms. The maximum absolute atomic E-state index is 2.51. The van der Waals surface area contributed by atoms with Gasteiger partial charge >= 0.3 is 0 Å². The van der Waals surface area contributed by atoms with Crippen molar-refractivity contribution in [2.45, 2.75) is 43.9 Å². The number of nitrogens with zero attached hydrogens (tertiary/aromatic N) is 2. The molecule has 2 nitrogen and oxygen atoms in total. The summed E-state index contributed by atoms with van der Waals surface area (Å²) in [4.78, 5) is 4.90. The molecule has 18 aromatic rings. The minimum atomic E-state index is -0.637. The van der Waals surface area contributed by atoms with Gasteiger partial charge in [0.2, 0.25) is 0 Å². The maximum Gasteiger partial charge on any atom is 0.0737 e. The van der Waals surface area contributed by atoms with Crippen molar-refractivity contribution in [3.63, 3.8) is 0 Å². The number of fused-ring (bicyclic) bond motifs is 34. The van der Waals surface area contributed by atoms with Crippen molar-refractivity contribution in [2.75, 3.05) is 9.80 Å². The molecule has 0 N–H and O–H groups in total. The zero-order valence-electron chi connectivity index (χ0n) is 58.7. The van der Waals surface area contributed by atoms with E-state index in [1.54, 1.807) is 0 Å². The van der Waals surface area contributed by atoms with Gasteiger partial charge in [-0.2, -0.15) is 0 Å². The van der Waals surface area contributed by atoms with E-state index < -0.39 is 10.8 Å². The van der Waals surface area contributed by atoms with Crippen molar-refractivity contribution in [2.24, 2.45) is 0 Å². The van der Waals surface area contributed by atoms with E-state index in [1.807, 2.05) is 0 Å². The quantitative estimate of drug-likeness (QED) is 0.133. The van der Waals surface area contributed by atoms with Crippen molar-refractivity contribution in [1.29, 1.82) is 0 Å². The lowest BCUT2D eigenvalue weighted by molar-refractivity contribution is 0.809. The number of para-hydroxylation sites is 1. The monoisotopic (exact) mass is 1330 g/mol. The topological polar surface area (TPSA) is 6.48 Å². The van der Waals surface area contributed by atoms with E-state index in [4.69, 9.17) is 0 Å². The fourth-order valence-electron chi connectivity index (χ4n) is 20.0. The van der Waals surface area contributed by atoms with E-state index in [-0.39, 0.29) is 0 Å². The van der Waals surface area contributed by atoms with Gasteiger partial charge in [-0.25, -0.2) is 0 Å². The van der Waals surface area contributed by atoms with E-state index in [0.29, 0.717) is 5.92 Å². The normalized spacial score (nSPS) is 13.6. The summed E-state index contributed by atoms with van der Waals surface area (Å²) in [6.45, 7) is 6.77. The number of aryl methyl sites for hydroxylation is 1. The van der Waals surface area contributed by atoms with Gasteiger partial charge in [0, 0.05) is 34.1 Å². The minimum absolute atomic E-state index is 0.440. The summed E-state index contributed by atoms with van der Waals surface area (Å²) in [6, 6.07) is 135. The lowest BCUT2D eigenvalue weighted by atomic mass is 9.68. The highest BCUT2D eigenvalue weighted by Gasteiger charge is 2.56. The Morgan fingerprint density at radius 3 is 1.12 bits per heavy atom. The third kappa shape index (κ3) is 8.20. The van der Waals surface area contributed by atoms with E-state index in [9.17, 15) is 0 Å². The maximum atomic E-state index is 2.51. The molecule has 0 radical (unpaired) electrons. The molecule has 22 rings (SSSR count). The Labute approximate surface area is 611 Å². The SMILES string of the molecule is CCc1ccc(N(c2cccc(-c3ccc4c5c(c6ccccc6c4c3)-c3ccc4cc(N(c6ccccc6)c6ccc(C(C)C)cc6)ccc4c3C53c4ccccc4-c4ccccc43)c2)c2ccc3c4c(ccc3c2)-c2c(c3ccccc3c3ccccc23)C42c3ccccc3-c3ccccc32)cc1. The zero-order chi connectivity index (χ0) is 69.4. The van der Waals surface area contributed by atoms with Crippen molar-refractivity contribution in [3.05, 3.63) is 407 Å². The van der Waals surface area contributed by atoms with Crippen LogP contribution in [-0.4, -0.2) is 0 Å². The zero-order valence-corrected chi connectivity index (χ0v) is 58.7. The molecule has 0 unspecified atom stereocenters. The second-order valence-corrected chi connectivity index (χ2v) is 29.7. The van der Waals surface area contributed by atoms with E-state index >= 15 is 0 Å². The molecular weight excluding hydrogens is 1270 g/mol. The molecule has 0 bridgehead atoms. The predicted molar refractivity (Wildman–Crippen MR) is 442 cm³/mol. The first-order valence-electron chi connectivity index (χ1n) is 37.3. The molecular formula is C103H70N2. The number of hydrogen-bond acceptors (Lipinski definition) is 2. The van der Waals surface area contributed by atoms with Gasteiger partial charge in [-0.3, -0.25) is 0 Å². The fraction of sp³-hybridized carbons (Fsp3) is 0.0680. The molecule has 4 aliphatic carbocycles. The molecule has 0 aliphatic heterocycles. The average molecular weight is 1340 g/mol. The highest BCUT2D eigenvalue weighted by atomic mass is 15.1. The first-order valence-corrected chi connectivity index (χ1v) is 37.3. The first kappa shape index (κ1) is 59.8. The van der Waals surface area contributed by atoms with Crippen LogP contribution in [-0.2, 0) is 17.3 Å². The van der Waals surface area contributed by atoms with Gasteiger partial charge in [0.05, 0.1) is 10.8 Å². The fourth-order valence-corrected chi connectivity index (χ4v) is 20.0. The number of hydrogen-bond donors (Lipinski definition) is 0. The number of benzene rings is 18. The van der Waals surface area contributed by atoms with Crippen LogP contribution < -0.4 is 9.80 Å². The van der Waals surface area contributed by atoms with Gasteiger partial charge in [-0.15, -0.1) is 0 Å². The van der Waals surface area contributed by atoms with E-state index in [2.05, 4.69) is 382 Å². The minimum Gasteiger partial charge on any atom is -0.310 e. The Bertz CT molecular complexity index is 6640. The van der Waals surface area contributed by atoms with Crippen LogP contribution in [0.3, 0.4) is 0 Å². The second-order valence-electron chi connectivity index (χ2n) is 29.7. The molecule has 0 aromatic heterocycles. The van der Waals surface area contributed by atoms with Gasteiger partial charge in [-0.05, 0) is 267 Å². The Morgan fingerprint density at radius 1 is 0.248 bits per heavy atom. The van der Waals surface area contributed by atoms with Crippen LogP contribution in [0.15, 0.2) is 352 Å². The smallest absolute Gasteiger partial charge is 0.0737 e. The summed E-state index contributed by atoms with van der Waals surface area (Å²) in [5, 5.41) is 15.2. The summed E-state index contributed by atoms with van der Waals surface area (Å²) >= 11 is 0. The van der Waals surface area contributed by atoms with Gasteiger partial charge in [0.25, 0.3) is 0 Å². The number of rotatable bonds is 9. The molecule has 0 saturated carbocycles. The summed E-state index contributed by atoms with van der Waals surface area (Å²) in [6.07, 6.45) is 0.962. The lowest BCUT2D eigenvalue weighted by Gasteiger charge is -2.33.